The fourth-order valence-corrected chi connectivity index (χ4v) is 1.56. The Bertz CT molecular complexity index is 528. The van der Waals surface area contributed by atoms with Gasteiger partial charge in [-0.3, -0.25) is 4.68 Å². The summed E-state index contributed by atoms with van der Waals surface area (Å²) in [7, 11) is 0. The van der Waals surface area contributed by atoms with Crippen molar-refractivity contribution in [3.8, 4) is 0 Å². The zero-order valence-corrected chi connectivity index (χ0v) is 9.61. The van der Waals surface area contributed by atoms with E-state index in [1.807, 2.05) is 0 Å². The van der Waals surface area contributed by atoms with Gasteiger partial charge in [0.15, 0.2) is 11.6 Å². The Morgan fingerprint density at radius 1 is 1.33 bits per heavy atom. The van der Waals surface area contributed by atoms with Crippen LogP contribution in [0.3, 0.4) is 0 Å². The summed E-state index contributed by atoms with van der Waals surface area (Å²) in [6.07, 6.45) is 3.35. The van der Waals surface area contributed by atoms with Crippen LogP contribution in [0.15, 0.2) is 30.6 Å². The van der Waals surface area contributed by atoms with Crippen LogP contribution in [0.25, 0.3) is 0 Å². The van der Waals surface area contributed by atoms with E-state index < -0.39 is 11.6 Å². The lowest BCUT2D eigenvalue weighted by Crippen LogP contribution is -2.03. The van der Waals surface area contributed by atoms with Crippen LogP contribution in [-0.4, -0.2) is 21.5 Å². The Hall–Kier alpha value is -1.95. The highest BCUT2D eigenvalue weighted by atomic mass is 19.2. The Kier molecular flexibility index (Phi) is 3.88. The standard InChI is InChI=1S/C12H13F2N3O/c13-10-2-1-3-11(12(10)14)15-6-9-7-16-17(8-9)4-5-18/h1-3,7-8,15,18H,4-6H2. The number of nitrogens with one attached hydrogen (secondary N) is 1. The van der Waals surface area contributed by atoms with E-state index in [1.54, 1.807) is 17.1 Å². The van der Waals surface area contributed by atoms with Crippen molar-refractivity contribution in [2.24, 2.45) is 0 Å². The number of halogens is 2. The van der Waals surface area contributed by atoms with Gasteiger partial charge in [-0.2, -0.15) is 5.10 Å². The van der Waals surface area contributed by atoms with Gasteiger partial charge in [0, 0.05) is 18.3 Å². The third kappa shape index (κ3) is 2.84. The molecule has 0 fully saturated rings. The highest BCUT2D eigenvalue weighted by Crippen LogP contribution is 2.17. The van der Waals surface area contributed by atoms with Crippen LogP contribution in [0.1, 0.15) is 5.56 Å². The molecule has 0 saturated carbocycles. The van der Waals surface area contributed by atoms with Crippen molar-refractivity contribution in [2.75, 3.05) is 11.9 Å². The van der Waals surface area contributed by atoms with Crippen molar-refractivity contribution < 1.29 is 13.9 Å². The molecule has 0 bridgehead atoms. The molecule has 6 heteroatoms. The van der Waals surface area contributed by atoms with Crippen molar-refractivity contribution in [1.29, 1.82) is 0 Å². The summed E-state index contributed by atoms with van der Waals surface area (Å²) in [5.41, 5.74) is 0.942. The monoisotopic (exact) mass is 253 g/mol. The molecule has 0 aliphatic heterocycles. The Morgan fingerprint density at radius 3 is 2.94 bits per heavy atom. The van der Waals surface area contributed by atoms with Crippen LogP contribution in [0.2, 0.25) is 0 Å². The van der Waals surface area contributed by atoms with E-state index in [9.17, 15) is 8.78 Å². The van der Waals surface area contributed by atoms with Crippen molar-refractivity contribution >= 4 is 5.69 Å². The van der Waals surface area contributed by atoms with Gasteiger partial charge in [0.2, 0.25) is 0 Å². The first kappa shape index (κ1) is 12.5. The van der Waals surface area contributed by atoms with E-state index in [4.69, 9.17) is 5.11 Å². The summed E-state index contributed by atoms with van der Waals surface area (Å²) >= 11 is 0. The SMILES string of the molecule is OCCn1cc(CNc2cccc(F)c2F)cn1. The summed E-state index contributed by atoms with van der Waals surface area (Å²) in [5, 5.41) is 15.5. The third-order valence-electron chi connectivity index (χ3n) is 2.45. The van der Waals surface area contributed by atoms with Crippen LogP contribution in [0.5, 0.6) is 0 Å². The second-order valence-corrected chi connectivity index (χ2v) is 3.79. The molecule has 0 saturated heterocycles. The highest BCUT2D eigenvalue weighted by molar-refractivity contribution is 5.45. The summed E-state index contributed by atoms with van der Waals surface area (Å²) in [4.78, 5) is 0. The molecule has 96 valence electrons. The molecule has 0 unspecified atom stereocenters. The minimum atomic E-state index is -0.889. The maximum atomic E-state index is 13.3. The number of benzene rings is 1. The lowest BCUT2D eigenvalue weighted by molar-refractivity contribution is 0.269. The quantitative estimate of drug-likeness (QED) is 0.853. The first-order valence-corrected chi connectivity index (χ1v) is 5.51. The molecule has 0 radical (unpaired) electrons. The zero-order valence-electron chi connectivity index (χ0n) is 9.61. The lowest BCUT2D eigenvalue weighted by Gasteiger charge is -2.06. The van der Waals surface area contributed by atoms with Crippen LogP contribution in [0, 0.1) is 11.6 Å². The summed E-state index contributed by atoms with van der Waals surface area (Å²) in [5.74, 6) is -1.77. The smallest absolute Gasteiger partial charge is 0.181 e. The number of nitrogens with zero attached hydrogens (tertiary/aromatic N) is 2. The van der Waals surface area contributed by atoms with Gasteiger partial charge in [-0.05, 0) is 12.1 Å². The molecule has 2 rings (SSSR count). The van der Waals surface area contributed by atoms with Gasteiger partial charge < -0.3 is 10.4 Å². The summed E-state index contributed by atoms with van der Waals surface area (Å²) in [6, 6.07) is 3.98. The minimum absolute atomic E-state index is 0.00702. The van der Waals surface area contributed by atoms with E-state index in [0.29, 0.717) is 13.1 Å². The molecule has 2 N–H and O–H groups in total. The average Bonchev–Trinajstić information content (AvgIpc) is 2.79. The first-order valence-electron chi connectivity index (χ1n) is 5.51. The van der Waals surface area contributed by atoms with Crippen LogP contribution in [0.4, 0.5) is 14.5 Å². The molecule has 0 amide bonds. The topological polar surface area (TPSA) is 50.1 Å². The number of anilines is 1. The maximum absolute atomic E-state index is 13.3. The van der Waals surface area contributed by atoms with E-state index in [2.05, 4.69) is 10.4 Å². The summed E-state index contributed by atoms with van der Waals surface area (Å²) < 4.78 is 27.9. The molecule has 18 heavy (non-hydrogen) atoms. The lowest BCUT2D eigenvalue weighted by atomic mass is 10.2. The van der Waals surface area contributed by atoms with Crippen molar-refractivity contribution in [2.45, 2.75) is 13.1 Å². The largest absolute Gasteiger partial charge is 0.394 e. The average molecular weight is 253 g/mol. The van der Waals surface area contributed by atoms with E-state index in [1.165, 1.54) is 12.1 Å². The fourth-order valence-electron chi connectivity index (χ4n) is 1.56. The minimum Gasteiger partial charge on any atom is -0.394 e. The van der Waals surface area contributed by atoms with Gasteiger partial charge in [0.05, 0.1) is 25.0 Å². The predicted molar refractivity (Wildman–Crippen MR) is 63.0 cm³/mol. The number of aliphatic hydroxyl groups is 1. The number of aromatic nitrogens is 2. The van der Waals surface area contributed by atoms with Crippen LogP contribution in [-0.2, 0) is 13.1 Å². The normalized spacial score (nSPS) is 10.6. The molecular formula is C12H13F2N3O. The molecule has 1 aromatic carbocycles. The van der Waals surface area contributed by atoms with E-state index in [0.717, 1.165) is 11.6 Å². The maximum Gasteiger partial charge on any atom is 0.181 e. The third-order valence-corrected chi connectivity index (χ3v) is 2.45. The van der Waals surface area contributed by atoms with Gasteiger partial charge in [0.1, 0.15) is 0 Å². The zero-order chi connectivity index (χ0) is 13.0. The van der Waals surface area contributed by atoms with Gasteiger partial charge in [-0.15, -0.1) is 0 Å². The van der Waals surface area contributed by atoms with E-state index in [-0.39, 0.29) is 12.3 Å². The Morgan fingerprint density at radius 2 is 2.17 bits per heavy atom. The molecule has 0 aliphatic rings. The second kappa shape index (κ2) is 5.59. The Labute approximate surface area is 103 Å². The molecule has 1 aromatic heterocycles. The fraction of sp³-hybridized carbons (Fsp3) is 0.250. The van der Waals surface area contributed by atoms with Gasteiger partial charge in [0.25, 0.3) is 0 Å². The molecule has 0 aliphatic carbocycles. The van der Waals surface area contributed by atoms with Crippen molar-refractivity contribution in [1.82, 2.24) is 9.78 Å². The van der Waals surface area contributed by atoms with Crippen LogP contribution >= 0.6 is 0 Å². The molecule has 0 spiro atoms. The van der Waals surface area contributed by atoms with Gasteiger partial charge >= 0.3 is 0 Å². The second-order valence-electron chi connectivity index (χ2n) is 3.79. The van der Waals surface area contributed by atoms with Crippen molar-refractivity contribution in [3.05, 3.63) is 47.8 Å². The number of hydrogen-bond acceptors (Lipinski definition) is 3. The summed E-state index contributed by atoms with van der Waals surface area (Å²) in [6.45, 7) is 0.757. The number of aliphatic hydroxyl groups excluding tert-OH is 1. The van der Waals surface area contributed by atoms with Gasteiger partial charge in [-0.25, -0.2) is 8.78 Å². The van der Waals surface area contributed by atoms with Crippen LogP contribution < -0.4 is 5.32 Å². The number of rotatable bonds is 5. The molecular weight excluding hydrogens is 240 g/mol. The molecule has 4 nitrogen and oxygen atoms in total. The predicted octanol–water partition coefficient (Wildman–Crippen LogP) is 1.77. The Balaban J connectivity index is 2.00. The van der Waals surface area contributed by atoms with Gasteiger partial charge in [-0.1, -0.05) is 6.07 Å². The highest BCUT2D eigenvalue weighted by Gasteiger charge is 2.07. The van der Waals surface area contributed by atoms with Crippen molar-refractivity contribution in [3.63, 3.8) is 0 Å². The van der Waals surface area contributed by atoms with E-state index >= 15 is 0 Å². The molecule has 1 heterocycles. The molecule has 2 aromatic rings. The molecule has 0 atom stereocenters. The first-order chi connectivity index (χ1) is 8.70. The number of hydrogen-bond donors (Lipinski definition) is 2.